The quantitative estimate of drug-likeness (QED) is 0.692. The fourth-order valence-electron chi connectivity index (χ4n) is 8.67. The highest BCUT2D eigenvalue weighted by Gasteiger charge is 2.80. The molecule has 0 aromatic heterocycles. The number of ether oxygens (including phenoxy) is 2. The molecular formula is C26H36O6. The third-order valence-electron chi connectivity index (χ3n) is 9.80. The summed E-state index contributed by atoms with van der Waals surface area (Å²) in [5.41, 5.74) is -2.00. The first-order valence-corrected chi connectivity index (χ1v) is 12.2. The smallest absolute Gasteiger partial charge is 0.193 e. The SMILES string of the molecule is CCCC1OC2(C(=O)CO)[C@@](C)(C[C@H]3[C@@H]4CCC5=CC(=O)C=C[C@]5(C)[C@H]4[C@@H](O)C[C@@]32C)O1. The van der Waals surface area contributed by atoms with E-state index in [0.29, 0.717) is 19.3 Å². The summed E-state index contributed by atoms with van der Waals surface area (Å²) in [7, 11) is 0. The Bertz CT molecular complexity index is 908. The maximum Gasteiger partial charge on any atom is 0.193 e. The Balaban J connectivity index is 1.59. The number of carbonyl (C=O) groups is 2. The van der Waals surface area contributed by atoms with Crippen LogP contribution in [0.25, 0.3) is 0 Å². The molecule has 0 bridgehead atoms. The van der Waals surface area contributed by atoms with Crippen LogP contribution < -0.4 is 0 Å². The summed E-state index contributed by atoms with van der Waals surface area (Å²) in [4.78, 5) is 25.5. The summed E-state index contributed by atoms with van der Waals surface area (Å²) in [6.45, 7) is 7.64. The van der Waals surface area contributed by atoms with Gasteiger partial charge >= 0.3 is 0 Å². The van der Waals surface area contributed by atoms with Crippen molar-refractivity contribution in [1.82, 2.24) is 0 Å². The fourth-order valence-corrected chi connectivity index (χ4v) is 8.67. The van der Waals surface area contributed by atoms with Gasteiger partial charge in [0.05, 0.1) is 6.10 Å². The molecule has 3 saturated carbocycles. The average Bonchev–Trinajstić information content (AvgIpc) is 3.13. The summed E-state index contributed by atoms with van der Waals surface area (Å²) in [5, 5.41) is 21.6. The molecule has 0 aromatic carbocycles. The molecule has 2 unspecified atom stereocenters. The van der Waals surface area contributed by atoms with Gasteiger partial charge in [-0.3, -0.25) is 9.59 Å². The molecule has 1 heterocycles. The second-order valence-corrected chi connectivity index (χ2v) is 11.4. The summed E-state index contributed by atoms with van der Waals surface area (Å²) >= 11 is 0. The molecule has 0 aromatic rings. The predicted octanol–water partition coefficient (Wildman–Crippen LogP) is 3.11. The van der Waals surface area contributed by atoms with Gasteiger partial charge in [0.25, 0.3) is 0 Å². The van der Waals surface area contributed by atoms with Crippen LogP contribution in [0.2, 0.25) is 0 Å². The van der Waals surface area contributed by atoms with Gasteiger partial charge < -0.3 is 19.7 Å². The predicted molar refractivity (Wildman–Crippen MR) is 117 cm³/mol. The Morgan fingerprint density at radius 3 is 2.66 bits per heavy atom. The molecule has 5 rings (SSSR count). The van der Waals surface area contributed by atoms with E-state index in [1.807, 2.05) is 13.0 Å². The van der Waals surface area contributed by atoms with E-state index in [2.05, 4.69) is 20.8 Å². The molecule has 32 heavy (non-hydrogen) atoms. The van der Waals surface area contributed by atoms with E-state index in [1.165, 1.54) is 0 Å². The van der Waals surface area contributed by atoms with Crippen molar-refractivity contribution in [3.05, 3.63) is 23.8 Å². The number of ketones is 2. The van der Waals surface area contributed by atoms with Crippen molar-refractivity contribution in [2.24, 2.45) is 28.6 Å². The molecule has 0 radical (unpaired) electrons. The zero-order valence-corrected chi connectivity index (χ0v) is 19.6. The molecule has 9 atom stereocenters. The maximum atomic E-state index is 13.4. The van der Waals surface area contributed by atoms with Gasteiger partial charge in [0.15, 0.2) is 23.5 Å². The molecular weight excluding hydrogens is 408 g/mol. The summed E-state index contributed by atoms with van der Waals surface area (Å²) in [5.74, 6) is -0.0555. The molecule has 6 nitrogen and oxygen atoms in total. The van der Waals surface area contributed by atoms with Crippen molar-refractivity contribution in [3.63, 3.8) is 0 Å². The van der Waals surface area contributed by atoms with E-state index >= 15 is 0 Å². The normalized spacial score (nSPS) is 51.5. The van der Waals surface area contributed by atoms with E-state index < -0.39 is 35.6 Å². The summed E-state index contributed by atoms with van der Waals surface area (Å²) in [6, 6.07) is 0. The molecule has 4 aliphatic carbocycles. The second-order valence-electron chi connectivity index (χ2n) is 11.4. The van der Waals surface area contributed by atoms with Crippen LogP contribution in [0, 0.1) is 28.6 Å². The minimum Gasteiger partial charge on any atom is -0.393 e. The van der Waals surface area contributed by atoms with E-state index in [1.54, 1.807) is 12.2 Å². The number of rotatable bonds is 4. The second kappa shape index (κ2) is 7.08. The van der Waals surface area contributed by atoms with Gasteiger partial charge in [0.2, 0.25) is 0 Å². The Labute approximate surface area is 190 Å². The van der Waals surface area contributed by atoms with Gasteiger partial charge in [-0.05, 0) is 63.0 Å². The van der Waals surface area contributed by atoms with Gasteiger partial charge in [-0.2, -0.15) is 0 Å². The lowest BCUT2D eigenvalue weighted by Gasteiger charge is -2.59. The highest BCUT2D eigenvalue weighted by Crippen LogP contribution is 2.72. The first-order chi connectivity index (χ1) is 15.1. The Hall–Kier alpha value is -1.34. The summed E-state index contributed by atoms with van der Waals surface area (Å²) < 4.78 is 13.0. The lowest BCUT2D eigenvalue weighted by atomic mass is 9.46. The number of allylic oxidation sites excluding steroid dienone is 4. The highest BCUT2D eigenvalue weighted by molar-refractivity contribution is 6.01. The third-order valence-corrected chi connectivity index (χ3v) is 9.80. The lowest BCUT2D eigenvalue weighted by molar-refractivity contribution is -0.200. The van der Waals surface area contributed by atoms with Gasteiger partial charge in [-0.25, -0.2) is 0 Å². The number of hydrogen-bond acceptors (Lipinski definition) is 6. The fraction of sp³-hybridized carbons (Fsp3) is 0.769. The van der Waals surface area contributed by atoms with E-state index in [0.717, 1.165) is 24.8 Å². The molecule has 5 aliphatic rings. The van der Waals surface area contributed by atoms with E-state index in [4.69, 9.17) is 9.47 Å². The van der Waals surface area contributed by atoms with Crippen LogP contribution in [0.5, 0.6) is 0 Å². The molecule has 0 spiro atoms. The van der Waals surface area contributed by atoms with Crippen LogP contribution in [-0.4, -0.2) is 52.0 Å². The highest BCUT2D eigenvalue weighted by atomic mass is 16.8. The van der Waals surface area contributed by atoms with Crippen molar-refractivity contribution in [3.8, 4) is 0 Å². The van der Waals surface area contributed by atoms with E-state index in [-0.39, 0.29) is 34.7 Å². The molecule has 0 amide bonds. The standard InChI is InChI=1S/C26H36O6/c1-5-6-21-31-25(4)12-18-17-8-7-15-11-16(28)9-10-23(15,2)22(17)19(29)13-24(18,3)26(25,32-21)20(30)14-27/h9-11,17-19,21-22,27,29H,5-8,12-14H2,1-4H3/t17-,18-,19-,21?,22+,23-,24-,25+,26?/m0/s1. The average molecular weight is 445 g/mol. The van der Waals surface area contributed by atoms with Crippen molar-refractivity contribution >= 4 is 11.6 Å². The van der Waals surface area contributed by atoms with Crippen LogP contribution in [-0.2, 0) is 19.1 Å². The van der Waals surface area contributed by atoms with Crippen LogP contribution >= 0.6 is 0 Å². The van der Waals surface area contributed by atoms with Crippen LogP contribution in [0.4, 0.5) is 0 Å². The first kappa shape index (κ1) is 22.5. The van der Waals surface area contributed by atoms with Crippen molar-refractivity contribution in [2.45, 2.75) is 89.8 Å². The topological polar surface area (TPSA) is 93.1 Å². The van der Waals surface area contributed by atoms with Crippen molar-refractivity contribution in [1.29, 1.82) is 0 Å². The minimum absolute atomic E-state index is 0.0187. The number of fused-ring (bicyclic) bond motifs is 7. The zero-order valence-electron chi connectivity index (χ0n) is 19.6. The Kier molecular flexibility index (Phi) is 4.97. The molecule has 176 valence electrons. The van der Waals surface area contributed by atoms with Gasteiger partial charge in [0.1, 0.15) is 12.2 Å². The number of aliphatic hydroxyl groups excluding tert-OH is 2. The molecule has 2 N–H and O–H groups in total. The Morgan fingerprint density at radius 1 is 1.22 bits per heavy atom. The maximum absolute atomic E-state index is 13.4. The van der Waals surface area contributed by atoms with Crippen LogP contribution in [0.15, 0.2) is 23.8 Å². The van der Waals surface area contributed by atoms with Crippen molar-refractivity contribution in [2.75, 3.05) is 6.61 Å². The number of hydrogen-bond donors (Lipinski definition) is 2. The number of Topliss-reactive ketones (excluding diaryl/α,β-unsaturated/α-hetero) is 1. The monoisotopic (exact) mass is 444 g/mol. The zero-order chi connectivity index (χ0) is 23.1. The van der Waals surface area contributed by atoms with Gasteiger partial charge in [-0.1, -0.05) is 38.8 Å². The number of carbonyl (C=O) groups excluding carboxylic acids is 2. The van der Waals surface area contributed by atoms with Gasteiger partial charge in [-0.15, -0.1) is 0 Å². The molecule has 1 aliphatic heterocycles. The molecule has 6 heteroatoms. The van der Waals surface area contributed by atoms with Crippen LogP contribution in [0.3, 0.4) is 0 Å². The molecule has 4 fully saturated rings. The number of aliphatic hydroxyl groups is 2. The van der Waals surface area contributed by atoms with Crippen LogP contribution in [0.1, 0.15) is 66.2 Å². The summed E-state index contributed by atoms with van der Waals surface area (Å²) in [6.07, 6.45) is 8.57. The van der Waals surface area contributed by atoms with Gasteiger partial charge in [0, 0.05) is 16.7 Å². The van der Waals surface area contributed by atoms with Crippen molar-refractivity contribution < 1.29 is 29.3 Å². The third kappa shape index (κ3) is 2.55. The lowest BCUT2D eigenvalue weighted by Crippen LogP contribution is -2.65. The molecule has 1 saturated heterocycles. The first-order valence-electron chi connectivity index (χ1n) is 12.2. The Morgan fingerprint density at radius 2 is 1.97 bits per heavy atom. The minimum atomic E-state index is -1.26. The van der Waals surface area contributed by atoms with E-state index in [9.17, 15) is 19.8 Å². The largest absolute Gasteiger partial charge is 0.393 e.